The Morgan fingerprint density at radius 1 is 1.67 bits per heavy atom. The first kappa shape index (κ1) is 8.25. The SMILES string of the molecule is O=C(O)COC(=O)c1cn[nH]c1. The minimum absolute atomic E-state index is 0.205. The Kier molecular flexibility index (Phi) is 2.42. The van der Waals surface area contributed by atoms with Crippen LogP contribution < -0.4 is 0 Å². The zero-order chi connectivity index (χ0) is 8.97. The van der Waals surface area contributed by atoms with Gasteiger partial charge in [-0.15, -0.1) is 0 Å². The molecule has 0 radical (unpaired) electrons. The molecule has 1 aromatic rings. The van der Waals surface area contributed by atoms with Crippen molar-refractivity contribution in [2.75, 3.05) is 6.61 Å². The minimum Gasteiger partial charge on any atom is -0.479 e. The van der Waals surface area contributed by atoms with Crippen LogP contribution in [0.2, 0.25) is 0 Å². The summed E-state index contributed by atoms with van der Waals surface area (Å²) >= 11 is 0. The Labute approximate surface area is 67.2 Å². The number of H-pyrrole nitrogens is 1. The summed E-state index contributed by atoms with van der Waals surface area (Å²) in [6, 6.07) is 0. The second-order valence-corrected chi connectivity index (χ2v) is 1.96. The number of aromatic nitrogens is 2. The molecule has 12 heavy (non-hydrogen) atoms. The van der Waals surface area contributed by atoms with E-state index in [1.54, 1.807) is 0 Å². The van der Waals surface area contributed by atoms with Crippen molar-refractivity contribution in [2.24, 2.45) is 0 Å². The van der Waals surface area contributed by atoms with E-state index in [0.29, 0.717) is 0 Å². The molecule has 2 N–H and O–H groups in total. The van der Waals surface area contributed by atoms with Gasteiger partial charge in [0, 0.05) is 6.20 Å². The third-order valence-electron chi connectivity index (χ3n) is 1.06. The molecular formula is C6H6N2O4. The van der Waals surface area contributed by atoms with E-state index < -0.39 is 18.5 Å². The molecule has 0 amide bonds. The highest BCUT2D eigenvalue weighted by Gasteiger charge is 2.09. The largest absolute Gasteiger partial charge is 0.479 e. The van der Waals surface area contributed by atoms with Crippen LogP contribution in [0.15, 0.2) is 12.4 Å². The first-order valence-corrected chi connectivity index (χ1v) is 3.08. The molecule has 0 spiro atoms. The van der Waals surface area contributed by atoms with Crippen molar-refractivity contribution in [1.29, 1.82) is 0 Å². The molecule has 0 saturated heterocycles. The second-order valence-electron chi connectivity index (χ2n) is 1.96. The molecule has 0 aliphatic carbocycles. The fourth-order valence-electron chi connectivity index (χ4n) is 0.573. The highest BCUT2D eigenvalue weighted by molar-refractivity contribution is 5.89. The number of carbonyl (C=O) groups excluding carboxylic acids is 1. The molecule has 1 heterocycles. The van der Waals surface area contributed by atoms with Crippen LogP contribution in [-0.2, 0) is 9.53 Å². The summed E-state index contributed by atoms with van der Waals surface area (Å²) in [5, 5.41) is 14.1. The third kappa shape index (κ3) is 2.08. The maximum Gasteiger partial charge on any atom is 0.341 e. The number of ether oxygens (including phenoxy) is 1. The van der Waals surface area contributed by atoms with Gasteiger partial charge < -0.3 is 9.84 Å². The zero-order valence-corrected chi connectivity index (χ0v) is 5.98. The van der Waals surface area contributed by atoms with E-state index in [0.717, 1.165) is 0 Å². The normalized spacial score (nSPS) is 9.33. The lowest BCUT2D eigenvalue weighted by molar-refractivity contribution is -0.140. The Morgan fingerprint density at radius 3 is 2.92 bits per heavy atom. The van der Waals surface area contributed by atoms with Gasteiger partial charge in [0.1, 0.15) is 0 Å². The number of carbonyl (C=O) groups is 2. The van der Waals surface area contributed by atoms with Gasteiger partial charge in [-0.25, -0.2) is 9.59 Å². The predicted octanol–water partition coefficient (Wildman–Crippen LogP) is -0.349. The molecule has 0 aliphatic rings. The van der Waals surface area contributed by atoms with Crippen LogP contribution in [0.5, 0.6) is 0 Å². The monoisotopic (exact) mass is 170 g/mol. The van der Waals surface area contributed by atoms with Crippen molar-refractivity contribution in [2.45, 2.75) is 0 Å². The Bertz CT molecular complexity index is 280. The maximum absolute atomic E-state index is 10.9. The quantitative estimate of drug-likeness (QED) is 0.605. The standard InChI is InChI=1S/C6H6N2O4/c9-5(10)3-12-6(11)4-1-7-8-2-4/h1-2H,3H2,(H,7,8)(H,9,10). The Balaban J connectivity index is 2.45. The second kappa shape index (κ2) is 3.51. The van der Waals surface area contributed by atoms with Crippen LogP contribution >= 0.6 is 0 Å². The van der Waals surface area contributed by atoms with Crippen molar-refractivity contribution in [3.8, 4) is 0 Å². The molecule has 0 bridgehead atoms. The van der Waals surface area contributed by atoms with Crippen molar-refractivity contribution in [1.82, 2.24) is 10.2 Å². The first-order chi connectivity index (χ1) is 5.70. The van der Waals surface area contributed by atoms with E-state index in [9.17, 15) is 9.59 Å². The van der Waals surface area contributed by atoms with Crippen molar-refractivity contribution >= 4 is 11.9 Å². The average molecular weight is 170 g/mol. The Morgan fingerprint density at radius 2 is 2.42 bits per heavy atom. The summed E-state index contributed by atoms with van der Waals surface area (Å²) in [7, 11) is 0. The molecule has 6 heteroatoms. The minimum atomic E-state index is -1.19. The summed E-state index contributed by atoms with van der Waals surface area (Å²) in [4.78, 5) is 20.8. The van der Waals surface area contributed by atoms with Crippen molar-refractivity contribution in [3.05, 3.63) is 18.0 Å². The lowest BCUT2D eigenvalue weighted by Gasteiger charge is -1.96. The molecule has 0 saturated carbocycles. The van der Waals surface area contributed by atoms with Crippen LogP contribution in [0.4, 0.5) is 0 Å². The number of aliphatic carboxylic acids is 1. The molecule has 1 rings (SSSR count). The van der Waals surface area contributed by atoms with Crippen LogP contribution in [0.1, 0.15) is 10.4 Å². The maximum atomic E-state index is 10.9. The zero-order valence-electron chi connectivity index (χ0n) is 5.98. The van der Waals surface area contributed by atoms with Gasteiger partial charge in [-0.05, 0) is 0 Å². The van der Waals surface area contributed by atoms with E-state index in [4.69, 9.17) is 5.11 Å². The number of esters is 1. The van der Waals surface area contributed by atoms with Crippen LogP contribution in [0.3, 0.4) is 0 Å². The van der Waals surface area contributed by atoms with Gasteiger partial charge in [0.25, 0.3) is 0 Å². The van der Waals surface area contributed by atoms with E-state index >= 15 is 0 Å². The van der Waals surface area contributed by atoms with E-state index in [-0.39, 0.29) is 5.56 Å². The highest BCUT2D eigenvalue weighted by atomic mass is 16.5. The van der Waals surface area contributed by atoms with Gasteiger partial charge in [0.15, 0.2) is 6.61 Å². The molecule has 0 atom stereocenters. The van der Waals surface area contributed by atoms with Gasteiger partial charge in [-0.3, -0.25) is 5.10 Å². The molecule has 0 aromatic carbocycles. The molecule has 0 unspecified atom stereocenters. The molecule has 0 fully saturated rings. The van der Waals surface area contributed by atoms with Gasteiger partial charge in [0.05, 0.1) is 11.8 Å². The fraction of sp³-hybridized carbons (Fsp3) is 0.167. The lowest BCUT2D eigenvalue weighted by atomic mass is 10.4. The number of rotatable bonds is 3. The van der Waals surface area contributed by atoms with Gasteiger partial charge >= 0.3 is 11.9 Å². The van der Waals surface area contributed by atoms with Gasteiger partial charge in [-0.1, -0.05) is 0 Å². The summed E-state index contributed by atoms with van der Waals surface area (Å²) in [6.07, 6.45) is 2.58. The highest BCUT2D eigenvalue weighted by Crippen LogP contribution is 1.96. The van der Waals surface area contributed by atoms with E-state index in [1.807, 2.05) is 0 Å². The van der Waals surface area contributed by atoms with Crippen molar-refractivity contribution in [3.63, 3.8) is 0 Å². The average Bonchev–Trinajstić information content (AvgIpc) is 2.51. The van der Waals surface area contributed by atoms with E-state index in [2.05, 4.69) is 14.9 Å². The van der Waals surface area contributed by atoms with E-state index in [1.165, 1.54) is 12.4 Å². The number of carboxylic acids is 1. The number of aromatic amines is 1. The number of hydrogen-bond acceptors (Lipinski definition) is 4. The summed E-state index contributed by atoms with van der Waals surface area (Å²) in [5.74, 6) is -1.89. The molecular weight excluding hydrogens is 164 g/mol. The summed E-state index contributed by atoms with van der Waals surface area (Å²) < 4.78 is 4.35. The number of carboxylic acid groups (broad SMARTS) is 1. The first-order valence-electron chi connectivity index (χ1n) is 3.08. The molecule has 6 nitrogen and oxygen atoms in total. The van der Waals surface area contributed by atoms with Crippen molar-refractivity contribution < 1.29 is 19.4 Å². The lowest BCUT2D eigenvalue weighted by Crippen LogP contribution is -2.12. The molecule has 0 aliphatic heterocycles. The van der Waals surface area contributed by atoms with Crippen LogP contribution in [0.25, 0.3) is 0 Å². The number of hydrogen-bond donors (Lipinski definition) is 2. The number of nitrogens with one attached hydrogen (secondary N) is 1. The van der Waals surface area contributed by atoms with Gasteiger partial charge in [-0.2, -0.15) is 5.10 Å². The van der Waals surface area contributed by atoms with Crippen LogP contribution in [-0.4, -0.2) is 33.8 Å². The topological polar surface area (TPSA) is 92.3 Å². The predicted molar refractivity (Wildman–Crippen MR) is 36.5 cm³/mol. The smallest absolute Gasteiger partial charge is 0.341 e. The van der Waals surface area contributed by atoms with Crippen LogP contribution in [0, 0.1) is 0 Å². The fourth-order valence-corrected chi connectivity index (χ4v) is 0.573. The van der Waals surface area contributed by atoms with Gasteiger partial charge in [0.2, 0.25) is 0 Å². The Hall–Kier alpha value is -1.85. The molecule has 64 valence electrons. The summed E-state index contributed by atoms with van der Waals surface area (Å²) in [6.45, 7) is -0.635. The summed E-state index contributed by atoms with van der Waals surface area (Å²) in [5.41, 5.74) is 0.205. The number of nitrogens with zero attached hydrogens (tertiary/aromatic N) is 1. The molecule has 1 aromatic heterocycles. The third-order valence-corrected chi connectivity index (χ3v) is 1.06.